The number of hydrogen-bond acceptors (Lipinski definition) is 7. The second-order valence-corrected chi connectivity index (χ2v) is 12.2. The van der Waals surface area contributed by atoms with Crippen molar-refractivity contribution in [2.24, 2.45) is 0 Å². The third-order valence-electron chi connectivity index (χ3n) is 7.10. The lowest BCUT2D eigenvalue weighted by Crippen LogP contribution is -2.40. The molecule has 1 saturated heterocycles. The van der Waals surface area contributed by atoms with Gasteiger partial charge in [-0.3, -0.25) is 14.2 Å². The molecule has 1 fully saturated rings. The fraction of sp³-hybridized carbons (Fsp3) is 0.167. The maximum atomic E-state index is 15.2. The summed E-state index contributed by atoms with van der Waals surface area (Å²) in [4.78, 5) is 27.9. The Hall–Kier alpha value is -4.84. The van der Waals surface area contributed by atoms with Crippen LogP contribution in [0.4, 0.5) is 14.5 Å². The van der Waals surface area contributed by atoms with Crippen LogP contribution in [0, 0.1) is 11.6 Å². The molecule has 1 aliphatic heterocycles. The van der Waals surface area contributed by atoms with Gasteiger partial charge in [0.25, 0.3) is 5.56 Å². The van der Waals surface area contributed by atoms with Gasteiger partial charge in [-0.2, -0.15) is 5.10 Å². The Balaban J connectivity index is 1.22. The number of ether oxygens (including phenoxy) is 1. The second-order valence-electron chi connectivity index (χ2n) is 9.90. The summed E-state index contributed by atoms with van der Waals surface area (Å²) >= 11 is 0. The highest BCUT2D eigenvalue weighted by molar-refractivity contribution is 7.91. The van der Waals surface area contributed by atoms with Crippen molar-refractivity contribution in [2.45, 2.75) is 6.42 Å². The van der Waals surface area contributed by atoms with Crippen LogP contribution in [0.2, 0.25) is 0 Å². The SMILES string of the molecule is O=C(Cc1ccc(Oc2cc(N3CCS(=O)(=O)CC3)cn3nccc23)c(F)c1)c1cccn(-c2ccc(F)cc2)c1=O. The van der Waals surface area contributed by atoms with E-state index in [0.717, 1.165) is 0 Å². The number of benzene rings is 2. The molecule has 0 bridgehead atoms. The molecule has 0 N–H and O–H groups in total. The molecule has 5 aromatic rings. The molecule has 4 heterocycles. The first kappa shape index (κ1) is 27.3. The molecule has 1 aliphatic rings. The lowest BCUT2D eigenvalue weighted by atomic mass is 10.0. The van der Waals surface area contributed by atoms with E-state index in [-0.39, 0.29) is 29.2 Å². The Morgan fingerprint density at radius 3 is 2.43 bits per heavy atom. The number of rotatable bonds is 7. The summed E-state index contributed by atoms with van der Waals surface area (Å²) in [5.41, 5.74) is 1.39. The van der Waals surface area contributed by atoms with Crippen molar-refractivity contribution in [1.82, 2.24) is 14.2 Å². The molecular formula is C30H24F2N4O5S. The van der Waals surface area contributed by atoms with Crippen molar-refractivity contribution >= 4 is 26.8 Å². The van der Waals surface area contributed by atoms with Crippen molar-refractivity contribution in [1.29, 1.82) is 0 Å². The van der Waals surface area contributed by atoms with Gasteiger partial charge in [-0.05, 0) is 60.2 Å². The van der Waals surface area contributed by atoms with Crippen LogP contribution in [0.5, 0.6) is 11.5 Å². The summed E-state index contributed by atoms with van der Waals surface area (Å²) in [5.74, 6) is -1.32. The molecule has 6 rings (SSSR count). The minimum absolute atomic E-state index is 0.0399. The molecule has 3 aromatic heterocycles. The summed E-state index contributed by atoms with van der Waals surface area (Å²) in [6.45, 7) is 0.643. The van der Waals surface area contributed by atoms with Gasteiger partial charge in [-0.25, -0.2) is 21.7 Å². The Labute approximate surface area is 239 Å². The zero-order valence-corrected chi connectivity index (χ0v) is 22.9. The van der Waals surface area contributed by atoms with Crippen molar-refractivity contribution in [3.63, 3.8) is 0 Å². The van der Waals surface area contributed by atoms with E-state index >= 15 is 4.39 Å². The first-order valence-electron chi connectivity index (χ1n) is 13.1. The molecule has 0 spiro atoms. The summed E-state index contributed by atoms with van der Waals surface area (Å²) in [7, 11) is -3.07. The average Bonchev–Trinajstić information content (AvgIpc) is 3.44. The molecular weight excluding hydrogens is 566 g/mol. The normalized spacial score (nSPS) is 14.7. The largest absolute Gasteiger partial charge is 0.452 e. The zero-order chi connectivity index (χ0) is 29.4. The van der Waals surface area contributed by atoms with Gasteiger partial charge in [0.2, 0.25) is 0 Å². The first-order chi connectivity index (χ1) is 20.2. The zero-order valence-electron chi connectivity index (χ0n) is 22.1. The number of anilines is 1. The van der Waals surface area contributed by atoms with Gasteiger partial charge in [0.1, 0.15) is 11.3 Å². The number of nitrogens with zero attached hydrogens (tertiary/aromatic N) is 4. The standard InChI is InChI=1S/C30H24F2N4O5S/c31-21-4-6-22(7-5-21)35-11-1-2-24(30(35)38)27(37)17-20-3-8-28(25(32)16-20)41-29-18-23(19-36-26(29)9-10-33-36)34-12-14-42(39,40)15-13-34/h1-11,16,18-19H,12-15,17H2. The summed E-state index contributed by atoms with van der Waals surface area (Å²) in [5, 5.41) is 4.26. The Kier molecular flexibility index (Phi) is 7.07. The van der Waals surface area contributed by atoms with Gasteiger partial charge < -0.3 is 9.64 Å². The molecule has 214 valence electrons. The topological polar surface area (TPSA) is 103 Å². The summed E-state index contributed by atoms with van der Waals surface area (Å²) in [6.07, 6.45) is 4.60. The highest BCUT2D eigenvalue weighted by Gasteiger charge is 2.23. The number of carbonyl (C=O) groups is 1. The molecule has 12 heteroatoms. The highest BCUT2D eigenvalue weighted by atomic mass is 32.2. The number of sulfone groups is 1. The lowest BCUT2D eigenvalue weighted by molar-refractivity contribution is 0.0991. The van der Waals surface area contributed by atoms with Gasteiger partial charge in [-0.1, -0.05) is 6.07 Å². The highest BCUT2D eigenvalue weighted by Crippen LogP contribution is 2.33. The number of hydrogen-bond donors (Lipinski definition) is 0. The fourth-order valence-electron chi connectivity index (χ4n) is 4.86. The van der Waals surface area contributed by atoms with E-state index in [1.54, 1.807) is 41.2 Å². The molecule has 0 unspecified atom stereocenters. The minimum Gasteiger partial charge on any atom is -0.452 e. The number of aromatic nitrogens is 3. The second kappa shape index (κ2) is 10.9. The van der Waals surface area contributed by atoms with Crippen LogP contribution < -0.4 is 15.2 Å². The van der Waals surface area contributed by atoms with E-state index < -0.39 is 32.8 Å². The summed E-state index contributed by atoms with van der Waals surface area (Å²) < 4.78 is 61.0. The van der Waals surface area contributed by atoms with Crippen molar-refractivity contribution in [3.05, 3.63) is 118 Å². The van der Waals surface area contributed by atoms with Gasteiger partial charge in [0.15, 0.2) is 32.9 Å². The molecule has 2 aromatic carbocycles. The van der Waals surface area contributed by atoms with Gasteiger partial charge in [-0.15, -0.1) is 0 Å². The molecule has 0 amide bonds. The monoisotopic (exact) mass is 590 g/mol. The van der Waals surface area contributed by atoms with Crippen LogP contribution in [0.3, 0.4) is 0 Å². The Morgan fingerprint density at radius 2 is 1.69 bits per heavy atom. The number of Topliss-reactive ketones (excluding diaryl/α,β-unsaturated/α-hetero) is 1. The summed E-state index contributed by atoms with van der Waals surface area (Å²) in [6, 6.07) is 15.8. The number of halogens is 2. The van der Waals surface area contributed by atoms with Crippen molar-refractivity contribution < 1.29 is 26.7 Å². The van der Waals surface area contributed by atoms with Crippen molar-refractivity contribution in [2.75, 3.05) is 29.5 Å². The number of carbonyl (C=O) groups excluding carboxylic acids is 1. The third kappa shape index (κ3) is 5.53. The number of fused-ring (bicyclic) bond motifs is 1. The molecule has 0 atom stereocenters. The van der Waals surface area contributed by atoms with E-state index in [2.05, 4.69) is 5.10 Å². The first-order valence-corrected chi connectivity index (χ1v) is 14.9. The lowest BCUT2D eigenvalue weighted by Gasteiger charge is -2.29. The maximum Gasteiger partial charge on any atom is 0.265 e. The van der Waals surface area contributed by atoms with Gasteiger partial charge >= 0.3 is 0 Å². The van der Waals surface area contributed by atoms with E-state index in [1.807, 2.05) is 4.90 Å². The van der Waals surface area contributed by atoms with E-state index in [4.69, 9.17) is 4.74 Å². The Bertz CT molecular complexity index is 1970. The Morgan fingerprint density at radius 1 is 0.929 bits per heavy atom. The average molecular weight is 591 g/mol. The molecule has 0 aliphatic carbocycles. The van der Waals surface area contributed by atoms with E-state index in [9.17, 15) is 22.4 Å². The predicted octanol–water partition coefficient (Wildman–Crippen LogP) is 4.22. The third-order valence-corrected chi connectivity index (χ3v) is 8.71. The number of ketones is 1. The molecule has 42 heavy (non-hydrogen) atoms. The van der Waals surface area contributed by atoms with Gasteiger partial charge in [0, 0.05) is 37.5 Å². The van der Waals surface area contributed by atoms with Crippen LogP contribution in [0.25, 0.3) is 11.2 Å². The fourth-order valence-corrected chi connectivity index (χ4v) is 6.06. The maximum absolute atomic E-state index is 15.2. The smallest absolute Gasteiger partial charge is 0.265 e. The molecule has 0 radical (unpaired) electrons. The number of pyridine rings is 2. The predicted molar refractivity (Wildman–Crippen MR) is 153 cm³/mol. The van der Waals surface area contributed by atoms with E-state index in [1.165, 1.54) is 53.2 Å². The van der Waals surface area contributed by atoms with E-state index in [0.29, 0.717) is 41.3 Å². The van der Waals surface area contributed by atoms with Crippen LogP contribution >= 0.6 is 0 Å². The van der Waals surface area contributed by atoms with Crippen molar-refractivity contribution in [3.8, 4) is 17.2 Å². The minimum atomic E-state index is -3.07. The quantitative estimate of drug-likeness (QED) is 0.262. The van der Waals surface area contributed by atoms with Crippen LogP contribution in [0.1, 0.15) is 15.9 Å². The molecule has 0 saturated carbocycles. The van der Waals surface area contributed by atoms with Gasteiger partial charge in [0.05, 0.1) is 35.2 Å². The van der Waals surface area contributed by atoms with Crippen LogP contribution in [-0.4, -0.2) is 53.0 Å². The molecule has 9 nitrogen and oxygen atoms in total. The van der Waals surface area contributed by atoms with Crippen LogP contribution in [0.15, 0.2) is 90.1 Å². The van der Waals surface area contributed by atoms with Crippen LogP contribution in [-0.2, 0) is 16.3 Å².